The number of fused-ring (bicyclic) bond motifs is 2. The number of H-pyrrole nitrogens is 1. The van der Waals surface area contributed by atoms with Gasteiger partial charge in [-0.2, -0.15) is 13.2 Å². The van der Waals surface area contributed by atoms with Crippen molar-refractivity contribution in [2.75, 3.05) is 30.8 Å². The van der Waals surface area contributed by atoms with Crippen LogP contribution in [-0.2, 0) is 21.1 Å². The molecule has 2 heterocycles. The van der Waals surface area contributed by atoms with Crippen molar-refractivity contribution in [3.8, 4) is 11.5 Å². The minimum atomic E-state index is -5.24. The third-order valence-corrected chi connectivity index (χ3v) is 12.7. The van der Waals surface area contributed by atoms with Gasteiger partial charge in [0.2, 0.25) is 15.4 Å². The number of methoxy groups -OCH3 is 1. The SMILES string of the molecule is COc1cccc(Nc2c(C(N)=O)cnc3c(C)cc(S(=O)(=O)c4cccc(C(=O)Nc5ccc(CCCCCNC[C@H](O)c6ccc(OC(=O)C(F)(F)F)c7[nH]c(=O)ccc67)cc5)c4)cc23)c1. The molecule has 2 amide bonds. The first-order chi connectivity index (χ1) is 32.4. The van der Waals surface area contributed by atoms with Crippen molar-refractivity contribution >= 4 is 66.5 Å². The van der Waals surface area contributed by atoms with E-state index in [1.807, 2.05) is 12.1 Å². The number of benzene rings is 5. The number of sulfone groups is 1. The van der Waals surface area contributed by atoms with Gasteiger partial charge in [0.15, 0.2) is 5.75 Å². The van der Waals surface area contributed by atoms with Gasteiger partial charge >= 0.3 is 12.1 Å². The Labute approximate surface area is 387 Å². The maximum absolute atomic E-state index is 14.2. The van der Waals surface area contributed by atoms with Crippen LogP contribution in [0.15, 0.2) is 130 Å². The van der Waals surface area contributed by atoms with Crippen LogP contribution in [0.2, 0.25) is 0 Å². The first kappa shape index (κ1) is 48.3. The lowest BCUT2D eigenvalue weighted by molar-refractivity contribution is -0.189. The van der Waals surface area contributed by atoms with Gasteiger partial charge in [-0.3, -0.25) is 19.4 Å². The standard InChI is InChI=1S/C49H45F3N6O9S/c1-28-22-35(25-38-43(28)55-26-39(46(53)61)44(38)56-32-10-7-11-33(24-32)66-2)68(64,65)34-12-6-9-30(23-34)47(62)57-31-15-13-29(14-16-31)8-4-3-5-21-54-27-40(59)36-17-19-41(67-48(63)49(50,51)52)45-37(36)18-20-42(60)58-45/h6-7,9-20,22-26,40,54,59H,3-5,8,21,27H2,1-2H3,(H2,53,61)(H,55,56)(H,57,62)(H,58,60)/t40-/m0/s1. The van der Waals surface area contributed by atoms with Crippen LogP contribution < -0.4 is 36.7 Å². The average Bonchev–Trinajstić information content (AvgIpc) is 3.31. The molecule has 7 aromatic rings. The van der Waals surface area contributed by atoms with Crippen molar-refractivity contribution in [2.24, 2.45) is 5.73 Å². The number of aromatic amines is 1. The summed E-state index contributed by atoms with van der Waals surface area (Å²) in [6.07, 6.45) is -1.79. The van der Waals surface area contributed by atoms with E-state index in [1.165, 1.54) is 61.8 Å². The molecule has 1 atom stereocenters. The van der Waals surface area contributed by atoms with Gasteiger partial charge in [0.1, 0.15) is 5.75 Å². The Hall–Kier alpha value is -7.61. The van der Waals surface area contributed by atoms with E-state index in [0.29, 0.717) is 45.7 Å². The number of aliphatic hydroxyl groups excluding tert-OH is 1. The van der Waals surface area contributed by atoms with Gasteiger partial charge in [-0.25, -0.2) is 13.2 Å². The molecule has 0 spiro atoms. The van der Waals surface area contributed by atoms with Gasteiger partial charge in [0.05, 0.1) is 45.3 Å². The number of alkyl halides is 3. The molecule has 7 N–H and O–H groups in total. The molecule has 0 fully saturated rings. The first-order valence-electron chi connectivity index (χ1n) is 21.2. The molecule has 0 aliphatic rings. The summed E-state index contributed by atoms with van der Waals surface area (Å²) in [5.74, 6) is -3.67. The van der Waals surface area contributed by atoms with E-state index in [9.17, 15) is 45.9 Å². The van der Waals surface area contributed by atoms with Crippen LogP contribution in [0.5, 0.6) is 11.5 Å². The number of amides is 2. The number of ether oxygens (including phenoxy) is 2. The van der Waals surface area contributed by atoms with E-state index < -0.39 is 51.2 Å². The Balaban J connectivity index is 0.927. The van der Waals surface area contributed by atoms with Gasteiger partial charge in [-0.15, -0.1) is 0 Å². The van der Waals surface area contributed by atoms with Crippen LogP contribution in [0.4, 0.5) is 30.2 Å². The Morgan fingerprint density at radius 3 is 2.37 bits per heavy atom. The van der Waals surface area contributed by atoms with Crippen molar-refractivity contribution in [3.05, 3.63) is 154 Å². The molecule has 7 rings (SSSR count). The normalized spacial score (nSPS) is 12.1. The van der Waals surface area contributed by atoms with Crippen LogP contribution >= 0.6 is 0 Å². The van der Waals surface area contributed by atoms with Crippen molar-refractivity contribution in [1.82, 2.24) is 15.3 Å². The number of carbonyl (C=O) groups excluding carboxylic acids is 3. The Kier molecular flexibility index (Phi) is 14.6. The average molecular weight is 951 g/mol. The maximum atomic E-state index is 14.2. The summed E-state index contributed by atoms with van der Waals surface area (Å²) in [6.45, 7) is 2.37. The molecule has 0 aliphatic heterocycles. The number of nitrogens with two attached hydrogens (primary N) is 1. The van der Waals surface area contributed by atoms with Crippen molar-refractivity contribution in [2.45, 2.75) is 54.7 Å². The third-order valence-electron chi connectivity index (χ3n) is 11.0. The van der Waals surface area contributed by atoms with E-state index >= 15 is 0 Å². The highest BCUT2D eigenvalue weighted by Gasteiger charge is 2.41. The minimum absolute atomic E-state index is 0.0502. The number of nitrogens with one attached hydrogen (secondary N) is 4. The van der Waals surface area contributed by atoms with Gasteiger partial charge in [0, 0.05) is 52.6 Å². The zero-order chi connectivity index (χ0) is 48.8. The summed E-state index contributed by atoms with van der Waals surface area (Å²) in [5, 5.41) is 20.6. The number of carbonyl (C=O) groups is 3. The Morgan fingerprint density at radius 1 is 0.868 bits per heavy atom. The lowest BCUT2D eigenvalue weighted by Gasteiger charge is -2.16. The van der Waals surface area contributed by atoms with Crippen LogP contribution in [0.25, 0.3) is 21.8 Å². The fourth-order valence-electron chi connectivity index (χ4n) is 7.55. The molecule has 19 heteroatoms. The number of hydrogen-bond donors (Lipinski definition) is 6. The lowest BCUT2D eigenvalue weighted by Crippen LogP contribution is -2.28. The van der Waals surface area contributed by atoms with Crippen molar-refractivity contribution in [3.63, 3.8) is 0 Å². The van der Waals surface area contributed by atoms with Crippen molar-refractivity contribution in [1.29, 1.82) is 0 Å². The predicted molar refractivity (Wildman–Crippen MR) is 249 cm³/mol. The first-order valence-corrected chi connectivity index (χ1v) is 22.6. The van der Waals surface area contributed by atoms with Crippen LogP contribution in [0.1, 0.15) is 62.8 Å². The molecule has 2 aromatic heterocycles. The number of unbranched alkanes of at least 4 members (excludes halogenated alkanes) is 2. The second-order valence-corrected chi connectivity index (χ2v) is 17.7. The monoisotopic (exact) mass is 950 g/mol. The van der Waals surface area contributed by atoms with Crippen molar-refractivity contribution < 1.29 is 50.6 Å². The van der Waals surface area contributed by atoms with Gasteiger partial charge in [0.25, 0.3) is 11.8 Å². The third kappa shape index (κ3) is 11.1. The zero-order valence-electron chi connectivity index (χ0n) is 36.6. The molecule has 0 radical (unpaired) electrons. The predicted octanol–water partition coefficient (Wildman–Crippen LogP) is 7.82. The van der Waals surface area contributed by atoms with E-state index in [1.54, 1.807) is 43.3 Å². The summed E-state index contributed by atoms with van der Waals surface area (Å²) < 4.78 is 76.6. The lowest BCUT2D eigenvalue weighted by atomic mass is 10.0. The molecule has 15 nitrogen and oxygen atoms in total. The fourth-order valence-corrected chi connectivity index (χ4v) is 8.97. The maximum Gasteiger partial charge on any atom is 0.491 e. The van der Waals surface area contributed by atoms with Crippen LogP contribution in [0, 0.1) is 6.92 Å². The largest absolute Gasteiger partial charge is 0.497 e. The van der Waals surface area contributed by atoms with E-state index in [4.69, 9.17) is 10.5 Å². The molecule has 0 unspecified atom stereocenters. The quantitative estimate of drug-likeness (QED) is 0.0275. The number of aromatic nitrogens is 2. The Morgan fingerprint density at radius 2 is 1.63 bits per heavy atom. The molecule has 0 saturated heterocycles. The smallest absolute Gasteiger partial charge is 0.491 e. The second kappa shape index (κ2) is 20.5. The summed E-state index contributed by atoms with van der Waals surface area (Å²) in [7, 11) is -2.69. The molecule has 5 aromatic carbocycles. The minimum Gasteiger partial charge on any atom is -0.497 e. The number of esters is 1. The number of anilines is 3. The zero-order valence-corrected chi connectivity index (χ0v) is 37.4. The summed E-state index contributed by atoms with van der Waals surface area (Å²) in [5.41, 5.74) is 8.77. The molecule has 0 bridgehead atoms. The molecule has 0 saturated carbocycles. The number of hydrogen-bond acceptors (Lipinski definition) is 12. The van der Waals surface area contributed by atoms with E-state index in [0.717, 1.165) is 43.4 Å². The molecule has 0 aliphatic carbocycles. The van der Waals surface area contributed by atoms with Gasteiger partial charge in [-0.05, 0) is 116 Å². The Bertz CT molecular complexity index is 3220. The number of primary amides is 1. The second-order valence-electron chi connectivity index (χ2n) is 15.8. The van der Waals surface area contributed by atoms with Crippen LogP contribution in [-0.4, -0.2) is 67.7 Å². The number of halogens is 3. The molecular formula is C49H45F3N6O9S. The highest BCUT2D eigenvalue weighted by molar-refractivity contribution is 7.91. The van der Waals surface area contributed by atoms with Gasteiger partial charge < -0.3 is 41.2 Å². The topological polar surface area (TPSA) is 232 Å². The number of pyridine rings is 2. The number of nitrogens with zero attached hydrogens (tertiary/aromatic N) is 1. The highest BCUT2D eigenvalue weighted by Crippen LogP contribution is 2.36. The molecular weight excluding hydrogens is 906 g/mol. The molecule has 68 heavy (non-hydrogen) atoms. The summed E-state index contributed by atoms with van der Waals surface area (Å²) in [4.78, 5) is 55.9. The number of aryl methyl sites for hydroxylation is 2. The number of aliphatic hydroxyl groups is 1. The summed E-state index contributed by atoms with van der Waals surface area (Å²) in [6, 6.07) is 27.8. The highest BCUT2D eigenvalue weighted by atomic mass is 32.2. The van der Waals surface area contributed by atoms with E-state index in [2.05, 4.69) is 30.7 Å². The molecule has 352 valence electrons. The van der Waals surface area contributed by atoms with E-state index in [-0.39, 0.29) is 44.1 Å². The summed E-state index contributed by atoms with van der Waals surface area (Å²) >= 11 is 0. The fraction of sp³-hybridized carbons (Fsp3) is 0.204. The number of rotatable bonds is 18. The van der Waals surface area contributed by atoms with Crippen LogP contribution in [0.3, 0.4) is 0 Å². The van der Waals surface area contributed by atoms with Gasteiger partial charge in [-0.1, -0.05) is 36.8 Å².